The number of carbonyl (C=O) groups excluding carboxylic acids is 1. The molecule has 0 aliphatic heterocycles. The van der Waals surface area contributed by atoms with Crippen molar-refractivity contribution in [1.29, 1.82) is 0 Å². The Balaban J connectivity index is 2.56. The van der Waals surface area contributed by atoms with E-state index in [1.165, 1.54) is 0 Å². The molecule has 0 aromatic heterocycles. The average Bonchev–Trinajstić information content (AvgIpc) is 1.87. The van der Waals surface area contributed by atoms with Crippen LogP contribution in [0.4, 0.5) is 0 Å². The summed E-state index contributed by atoms with van der Waals surface area (Å²) in [5.41, 5.74) is -0.527. The molecule has 4 heteroatoms. The zero-order chi connectivity index (χ0) is 7.45. The van der Waals surface area contributed by atoms with Crippen LogP contribution in [0.1, 0.15) is 19.3 Å². The molecular formula is C6H8BNO2. The summed E-state index contributed by atoms with van der Waals surface area (Å²) >= 11 is 0. The second kappa shape index (κ2) is 2.86. The third-order valence-corrected chi connectivity index (χ3v) is 1.83. The molecule has 0 unspecified atom stereocenters. The van der Waals surface area contributed by atoms with Crippen LogP contribution in [0.25, 0.3) is 0 Å². The second-order valence-electron chi connectivity index (χ2n) is 2.49. The van der Waals surface area contributed by atoms with E-state index >= 15 is 0 Å². The number of nitrogens with zero attached hydrogens (tertiary/aromatic N) is 1. The molecule has 0 aromatic carbocycles. The summed E-state index contributed by atoms with van der Waals surface area (Å²) < 4.78 is 9.84. The number of aliphatic imine (C=N–C) groups is 1. The van der Waals surface area contributed by atoms with Crippen molar-refractivity contribution in [3.8, 4) is 0 Å². The molecule has 0 N–H and O–H groups in total. The van der Waals surface area contributed by atoms with Crippen LogP contribution in [-0.4, -0.2) is 25.1 Å². The third-order valence-electron chi connectivity index (χ3n) is 1.83. The van der Waals surface area contributed by atoms with Crippen LogP contribution >= 0.6 is 0 Å². The van der Waals surface area contributed by atoms with Gasteiger partial charge in [0.25, 0.3) is 0 Å². The van der Waals surface area contributed by atoms with Crippen LogP contribution in [0.5, 0.6) is 0 Å². The van der Waals surface area contributed by atoms with Crippen LogP contribution in [0.3, 0.4) is 0 Å². The van der Waals surface area contributed by atoms with E-state index < -0.39 is 5.54 Å². The van der Waals surface area contributed by atoms with Gasteiger partial charge >= 0.3 is 58.8 Å². The van der Waals surface area contributed by atoms with E-state index in [0.29, 0.717) is 7.15 Å². The van der Waals surface area contributed by atoms with Gasteiger partial charge in [-0.1, -0.05) is 0 Å². The van der Waals surface area contributed by atoms with E-state index in [4.69, 9.17) is 0 Å². The van der Waals surface area contributed by atoms with Crippen molar-refractivity contribution in [3.05, 3.63) is 0 Å². The van der Waals surface area contributed by atoms with Gasteiger partial charge in [-0.25, -0.2) is 0 Å². The number of hydrogen-bond donors (Lipinski definition) is 0. The third kappa shape index (κ3) is 1.20. The Bertz CT molecular complexity index is 175. The SMILES string of the molecule is O=BC=NC1(C=O)CCC1. The molecular weight excluding hydrogens is 129 g/mol. The molecule has 0 radical (unpaired) electrons. The van der Waals surface area contributed by atoms with Crippen LogP contribution in [0.15, 0.2) is 4.99 Å². The summed E-state index contributed by atoms with van der Waals surface area (Å²) in [4.78, 5) is 14.2. The predicted octanol–water partition coefficient (Wildman–Crippen LogP) is 0.186. The predicted molar refractivity (Wildman–Crippen MR) is 37.6 cm³/mol. The van der Waals surface area contributed by atoms with E-state index in [2.05, 4.69) is 4.99 Å². The molecule has 0 spiro atoms. The molecule has 1 aliphatic rings. The average molecular weight is 137 g/mol. The minimum absolute atomic E-state index is 0.527. The Hall–Kier alpha value is -0.795. The van der Waals surface area contributed by atoms with E-state index in [0.717, 1.165) is 31.7 Å². The van der Waals surface area contributed by atoms with E-state index in [1.54, 1.807) is 0 Å². The zero-order valence-electron chi connectivity index (χ0n) is 5.62. The fourth-order valence-corrected chi connectivity index (χ4v) is 0.995. The van der Waals surface area contributed by atoms with E-state index in [-0.39, 0.29) is 0 Å². The quantitative estimate of drug-likeness (QED) is 0.316. The molecule has 1 saturated carbocycles. The van der Waals surface area contributed by atoms with Crippen LogP contribution in [-0.2, 0) is 9.50 Å². The van der Waals surface area contributed by atoms with E-state index in [9.17, 15) is 9.50 Å². The zero-order valence-corrected chi connectivity index (χ0v) is 5.62. The van der Waals surface area contributed by atoms with Crippen molar-refractivity contribution >= 4 is 19.6 Å². The van der Waals surface area contributed by atoms with Crippen molar-refractivity contribution in [1.82, 2.24) is 0 Å². The Morgan fingerprint density at radius 3 is 2.50 bits per heavy atom. The number of carbonyl (C=O) groups is 1. The van der Waals surface area contributed by atoms with Gasteiger partial charge in [-0.05, 0) is 0 Å². The maximum atomic E-state index is 10.4. The van der Waals surface area contributed by atoms with Gasteiger partial charge in [-0.15, -0.1) is 0 Å². The molecule has 52 valence electrons. The Morgan fingerprint density at radius 2 is 2.20 bits per heavy atom. The molecule has 0 saturated heterocycles. The van der Waals surface area contributed by atoms with Crippen LogP contribution in [0.2, 0.25) is 0 Å². The van der Waals surface area contributed by atoms with Gasteiger partial charge in [0, 0.05) is 0 Å². The number of hydrogen-bond acceptors (Lipinski definition) is 3. The summed E-state index contributed by atoms with van der Waals surface area (Å²) in [6.07, 6.45) is 4.61. The molecule has 1 aliphatic carbocycles. The van der Waals surface area contributed by atoms with Gasteiger partial charge in [-0.2, -0.15) is 0 Å². The first kappa shape index (κ1) is 7.31. The molecule has 0 atom stereocenters. The van der Waals surface area contributed by atoms with Crippen LogP contribution < -0.4 is 0 Å². The monoisotopic (exact) mass is 137 g/mol. The minimum atomic E-state index is -0.527. The summed E-state index contributed by atoms with van der Waals surface area (Å²) in [5.74, 6) is 0. The standard InChI is InChI=1S/C6H8BNO2/c9-4-6(2-1-3-6)8-5-7-10/h4-5H,1-3H2. The summed E-state index contributed by atoms with van der Waals surface area (Å²) in [6, 6.07) is 0. The maximum absolute atomic E-state index is 10.4. The first-order valence-corrected chi connectivity index (χ1v) is 3.28. The van der Waals surface area contributed by atoms with Gasteiger partial charge in [-0.3, -0.25) is 0 Å². The van der Waals surface area contributed by atoms with E-state index in [1.807, 2.05) is 0 Å². The number of rotatable bonds is 3. The Labute approximate surface area is 59.8 Å². The van der Waals surface area contributed by atoms with Crippen molar-refractivity contribution in [2.75, 3.05) is 0 Å². The van der Waals surface area contributed by atoms with Crippen molar-refractivity contribution < 1.29 is 9.50 Å². The number of aldehydes is 1. The van der Waals surface area contributed by atoms with Crippen LogP contribution in [0, 0.1) is 0 Å². The normalized spacial score (nSPS) is 21.6. The molecule has 0 bridgehead atoms. The van der Waals surface area contributed by atoms with Gasteiger partial charge in [0.1, 0.15) is 0 Å². The fourth-order valence-electron chi connectivity index (χ4n) is 0.995. The summed E-state index contributed by atoms with van der Waals surface area (Å²) in [7, 11) is 0.601. The van der Waals surface area contributed by atoms with Crippen molar-refractivity contribution in [2.45, 2.75) is 24.8 Å². The van der Waals surface area contributed by atoms with Gasteiger partial charge in [0.05, 0.1) is 0 Å². The molecule has 0 aromatic rings. The molecule has 3 nitrogen and oxygen atoms in total. The molecule has 10 heavy (non-hydrogen) atoms. The summed E-state index contributed by atoms with van der Waals surface area (Å²) in [6.45, 7) is 0. The van der Waals surface area contributed by atoms with Gasteiger partial charge in [0.2, 0.25) is 0 Å². The molecule has 0 amide bonds. The summed E-state index contributed by atoms with van der Waals surface area (Å²) in [5, 5.41) is 0. The second-order valence-corrected chi connectivity index (χ2v) is 2.49. The molecule has 1 rings (SSSR count). The van der Waals surface area contributed by atoms with Gasteiger partial charge in [0.15, 0.2) is 0 Å². The molecule has 1 fully saturated rings. The first-order valence-electron chi connectivity index (χ1n) is 3.28. The fraction of sp³-hybridized carbons (Fsp3) is 0.667. The first-order chi connectivity index (χ1) is 4.83. The Kier molecular flexibility index (Phi) is 2.09. The van der Waals surface area contributed by atoms with Crippen molar-refractivity contribution in [2.24, 2.45) is 4.99 Å². The van der Waals surface area contributed by atoms with Crippen molar-refractivity contribution in [3.63, 3.8) is 0 Å². The Morgan fingerprint density at radius 1 is 1.50 bits per heavy atom. The van der Waals surface area contributed by atoms with Gasteiger partial charge < -0.3 is 0 Å². The topological polar surface area (TPSA) is 46.5 Å². The molecule has 0 heterocycles.